The minimum absolute atomic E-state index is 0.0294. The van der Waals surface area contributed by atoms with Gasteiger partial charge in [0, 0.05) is 122 Å². The zero-order valence-corrected chi connectivity index (χ0v) is 89.0. The number of benzene rings is 10. The predicted octanol–water partition coefficient (Wildman–Crippen LogP) is 33.1. The van der Waals surface area contributed by atoms with E-state index in [9.17, 15) is 0 Å². The van der Waals surface area contributed by atoms with E-state index in [1.54, 1.807) is 17.6 Å². The maximum Gasteiger partial charge on any atom is 0.220 e. The lowest BCUT2D eigenvalue weighted by Gasteiger charge is -2.33. The highest BCUT2D eigenvalue weighted by Crippen LogP contribution is 2.53. The Bertz CT molecular complexity index is 7510. The maximum atomic E-state index is 9.09. The van der Waals surface area contributed by atoms with Crippen LogP contribution in [-0.2, 0) is 33.6 Å². The van der Waals surface area contributed by atoms with Crippen molar-refractivity contribution < 1.29 is 28.2 Å². The summed E-state index contributed by atoms with van der Waals surface area (Å²) in [5.41, 5.74) is 33.8. The number of hydrogen-bond donors (Lipinski definition) is 0. The summed E-state index contributed by atoms with van der Waals surface area (Å²) in [6.45, 7) is 46.8. The van der Waals surface area contributed by atoms with Crippen LogP contribution in [-0.4, -0.2) is 36.9 Å². The minimum Gasteiger partial charge on any atom is -0.464 e. The largest absolute Gasteiger partial charge is 0.464 e. The Morgan fingerprint density at radius 3 is 1.14 bits per heavy atom. The second kappa shape index (κ2) is 35.6. The average Bonchev–Trinajstić information content (AvgIpc) is 1.55. The molecule has 0 spiro atoms. The molecule has 0 N–H and O–H groups in total. The molecule has 5 aliphatic rings. The number of thiophene rings is 1. The van der Waals surface area contributed by atoms with Crippen LogP contribution in [0.3, 0.4) is 0 Å². The molecule has 0 amide bonds. The Balaban J connectivity index is 0.000000117. The molecule has 22 rings (SSSR count). The van der Waals surface area contributed by atoms with E-state index in [2.05, 4.69) is 368 Å². The average molecular weight is 1850 g/mol. The summed E-state index contributed by atoms with van der Waals surface area (Å²) in [5, 5.41) is 16.4. The molecule has 6 nitrogen and oxygen atoms in total. The smallest absolute Gasteiger partial charge is 0.220 e. The number of rotatable bonds is 9. The van der Waals surface area contributed by atoms with Gasteiger partial charge in [-0.15, -0.1) is 11.3 Å². The molecule has 0 atom stereocenters. The molecule has 0 bridgehead atoms. The van der Waals surface area contributed by atoms with Crippen molar-refractivity contribution in [2.24, 2.45) is 28.2 Å². The lowest BCUT2D eigenvalue weighted by molar-refractivity contribution is -0.665. The number of pyridine rings is 4. The minimum atomic E-state index is -0.996. The van der Waals surface area contributed by atoms with Crippen LogP contribution in [0.5, 0.6) is 0 Å². The number of furan rings is 1. The summed E-state index contributed by atoms with van der Waals surface area (Å²) in [6.07, 6.45) is 12.2. The summed E-state index contributed by atoms with van der Waals surface area (Å²) in [6, 6.07) is 82.9. The number of para-hydroxylation sites is 1. The van der Waals surface area contributed by atoms with E-state index >= 15 is 0 Å². The van der Waals surface area contributed by atoms with Crippen LogP contribution < -0.4 is 18.3 Å². The van der Waals surface area contributed by atoms with E-state index in [1.807, 2.05) is 6.07 Å². The predicted molar refractivity (Wildman–Crippen MR) is 583 cm³/mol. The van der Waals surface area contributed by atoms with E-state index in [0.29, 0.717) is 53.9 Å². The van der Waals surface area contributed by atoms with E-state index in [-0.39, 0.29) is 5.41 Å². The Morgan fingerprint density at radius 1 is 0.346 bits per heavy atom. The van der Waals surface area contributed by atoms with Gasteiger partial charge in [-0.2, -0.15) is 18.3 Å². The van der Waals surface area contributed by atoms with Gasteiger partial charge >= 0.3 is 0 Å². The molecule has 0 unspecified atom stereocenters. The van der Waals surface area contributed by atoms with E-state index in [4.69, 9.17) is 9.90 Å². The molecular formula is C122H145N5OSSi4+4. The van der Waals surface area contributed by atoms with Crippen LogP contribution >= 0.6 is 11.3 Å². The van der Waals surface area contributed by atoms with Gasteiger partial charge in [0.2, 0.25) is 22.8 Å². The molecule has 7 aromatic heterocycles. The molecule has 1 aliphatic carbocycles. The molecular weight excluding hydrogens is 1700 g/mol. The number of fused-ring (bicyclic) bond motifs is 12. The van der Waals surface area contributed by atoms with Crippen molar-refractivity contribution in [1.29, 1.82) is 0 Å². The standard InChI is InChI=1S/C34H41N2Si.C34H40NSi.C27H32NOSi.C27H32NSSi/c1-22(2)36-32-11-9-8-10-29(32)31-18-23(3)30(21-33(31)36)34-28-13-12-26(20-27(28)19-24(4)35(34)5)25-14-16-37(6,7)17-15-25;1-22-18-30-28-10-8-9-11-31(28)34(3,4)32(30)21-29(22)33-27-13-12-25(20-26(27)19-23(2)35(33)5)24-14-16-36(6,7)17-15-24;2*1-18-14-22-8-11-29-26(22)17-25(18)27-24-7-6-21(16-23(24)15-19(2)28(27)3)20-9-12-30(4,5)13-10-20/h8-13,18-22,25H,14-17H2,1-7H3;8-13,18-21,24H,14-17H2,1-7H3;2*6-8,11,14-17,20H,9-10,12-13H2,1-5H3/q4*+1/i2*19D;2*15D. The molecule has 0 saturated carbocycles. The van der Waals surface area contributed by atoms with Crippen molar-refractivity contribution in [3.63, 3.8) is 0 Å². The SMILES string of the molecule is [2H]c1c(C)[n+](C)c(-c2cc3c(cc2C)-c2ccccc2C3(C)C)c2ccc(C3CC[Si](C)(C)CC3)cc12.[2H]c1c(C)[n+](C)c(-c2cc3c(cc2C)c2ccccc2n3C(C)C)c2ccc(C3CC[Si](C)(C)CC3)cc12.[2H]c1c(C)[n+](C)c(-c2cc3occc3cc2C)c2ccc(C3CC[Si](C)(C)CC3)cc12.[2H]c1c(C)[n+](C)c(-c2cc3sccc3cc2C)c2ccc(C3CC[Si](C)(C)CC3)cc12. The molecule has 4 fully saturated rings. The van der Waals surface area contributed by atoms with Gasteiger partial charge < -0.3 is 8.98 Å². The van der Waals surface area contributed by atoms with E-state index in [1.165, 1.54) is 260 Å². The molecule has 10 aromatic carbocycles. The van der Waals surface area contributed by atoms with Crippen molar-refractivity contribution in [1.82, 2.24) is 4.57 Å². The highest BCUT2D eigenvalue weighted by Gasteiger charge is 2.40. The van der Waals surface area contributed by atoms with E-state index < -0.39 is 32.3 Å². The van der Waals surface area contributed by atoms with Crippen molar-refractivity contribution in [3.8, 4) is 56.2 Å². The molecule has 682 valence electrons. The molecule has 11 heteroatoms. The monoisotopic (exact) mass is 1840 g/mol. The quantitative estimate of drug-likeness (QED) is 0.105. The third kappa shape index (κ3) is 17.6. The topological polar surface area (TPSA) is 33.6 Å². The Kier molecular flexibility index (Phi) is 23.3. The molecule has 17 aromatic rings. The summed E-state index contributed by atoms with van der Waals surface area (Å²) >= 11 is 1.80. The highest BCUT2D eigenvalue weighted by atomic mass is 32.1. The number of aromatic nitrogens is 5. The Hall–Kier alpha value is -9.99. The zero-order chi connectivity index (χ0) is 97.0. The van der Waals surface area contributed by atoms with Gasteiger partial charge in [0.25, 0.3) is 0 Å². The van der Waals surface area contributed by atoms with Gasteiger partial charge in [-0.05, 0) is 301 Å². The van der Waals surface area contributed by atoms with E-state index in [0.717, 1.165) is 60.7 Å². The Labute approximate surface area is 807 Å². The fraction of sp³-hybridized carbons (Fsp3) is 0.377. The lowest BCUT2D eigenvalue weighted by Crippen LogP contribution is -2.35. The van der Waals surface area contributed by atoms with Crippen molar-refractivity contribution >= 4 is 130 Å². The molecule has 0 radical (unpaired) electrons. The van der Waals surface area contributed by atoms with Crippen LogP contribution in [0.2, 0.25) is 101 Å². The molecule has 4 saturated heterocycles. The van der Waals surface area contributed by atoms with Crippen LogP contribution in [0, 0.1) is 55.4 Å². The second-order valence-corrected chi connectivity index (χ2v) is 67.5. The lowest BCUT2D eigenvalue weighted by atomic mass is 9.81. The zero-order valence-electron chi connectivity index (χ0n) is 88.2. The van der Waals surface area contributed by atoms with Gasteiger partial charge in [-0.25, -0.2) is 0 Å². The van der Waals surface area contributed by atoms with Crippen LogP contribution in [0.15, 0.2) is 222 Å². The van der Waals surface area contributed by atoms with Gasteiger partial charge in [-0.1, -0.05) is 212 Å². The van der Waals surface area contributed by atoms with Crippen LogP contribution in [0.1, 0.15) is 193 Å². The molecule has 133 heavy (non-hydrogen) atoms. The fourth-order valence-corrected chi connectivity index (χ4v) is 34.9. The fourth-order valence-electron chi connectivity index (χ4n) is 24.1. The van der Waals surface area contributed by atoms with Crippen LogP contribution in [0.25, 0.3) is 142 Å². The van der Waals surface area contributed by atoms with Crippen molar-refractivity contribution in [2.45, 2.75) is 270 Å². The first-order valence-corrected chi connectivity index (χ1v) is 64.6. The number of hydrogen-bond acceptors (Lipinski definition) is 2. The Morgan fingerprint density at radius 2 is 0.714 bits per heavy atom. The second-order valence-electron chi connectivity index (χ2n) is 45.2. The van der Waals surface area contributed by atoms with Gasteiger partial charge in [0.05, 0.1) is 61.1 Å². The third-order valence-corrected chi connectivity index (χ3v) is 47.2. The summed E-state index contributed by atoms with van der Waals surface area (Å²) in [7, 11) is 4.54. The summed E-state index contributed by atoms with van der Waals surface area (Å²) in [4.78, 5) is 0. The van der Waals surface area contributed by atoms with Gasteiger partial charge in [0.15, 0.2) is 22.8 Å². The highest BCUT2D eigenvalue weighted by molar-refractivity contribution is 7.17. The number of aryl methyl sites for hydroxylation is 4. The first-order chi connectivity index (χ1) is 65.1. The van der Waals surface area contributed by atoms with Crippen molar-refractivity contribution in [3.05, 3.63) is 296 Å². The van der Waals surface area contributed by atoms with Crippen molar-refractivity contribution in [2.75, 3.05) is 0 Å². The van der Waals surface area contributed by atoms with Gasteiger partial charge in [-0.3, -0.25) is 0 Å². The third-order valence-electron chi connectivity index (χ3n) is 33.2. The van der Waals surface area contributed by atoms with Gasteiger partial charge in [0.1, 0.15) is 33.8 Å². The first kappa shape index (κ1) is 87.1. The normalized spacial score (nSPS) is 17.7. The summed E-state index contributed by atoms with van der Waals surface area (Å²) < 4.78 is 54.4. The molecule has 4 aliphatic heterocycles. The summed E-state index contributed by atoms with van der Waals surface area (Å²) in [5.74, 6) is 2.58. The molecule has 11 heterocycles. The number of nitrogens with zero attached hydrogens (tertiary/aromatic N) is 5. The first-order valence-electron chi connectivity index (χ1n) is 52.0. The maximum absolute atomic E-state index is 9.09. The van der Waals surface area contributed by atoms with Crippen LogP contribution in [0.4, 0.5) is 0 Å².